The zero-order valence-electron chi connectivity index (χ0n) is 12.8. The van der Waals surface area contributed by atoms with Crippen molar-refractivity contribution in [1.29, 1.82) is 0 Å². The lowest BCUT2D eigenvalue weighted by Crippen LogP contribution is -2.42. The minimum atomic E-state index is 0.356. The van der Waals surface area contributed by atoms with Crippen LogP contribution < -0.4 is 5.32 Å². The minimum Gasteiger partial charge on any atom is -0.376 e. The van der Waals surface area contributed by atoms with Crippen molar-refractivity contribution in [1.82, 2.24) is 10.2 Å². The molecule has 0 amide bonds. The fourth-order valence-electron chi connectivity index (χ4n) is 3.29. The van der Waals surface area contributed by atoms with Crippen LogP contribution in [0.15, 0.2) is 35.3 Å². The van der Waals surface area contributed by atoms with Crippen LogP contribution in [0.3, 0.4) is 0 Å². The van der Waals surface area contributed by atoms with E-state index in [2.05, 4.69) is 45.5 Å². The Morgan fingerprint density at radius 2 is 2.19 bits per heavy atom. The Labute approximate surface area is 127 Å². The molecule has 2 unspecified atom stereocenters. The van der Waals surface area contributed by atoms with Gasteiger partial charge in [0, 0.05) is 39.2 Å². The van der Waals surface area contributed by atoms with Crippen molar-refractivity contribution in [3.8, 4) is 0 Å². The highest BCUT2D eigenvalue weighted by Crippen LogP contribution is 2.26. The molecule has 0 radical (unpaired) electrons. The second kappa shape index (κ2) is 6.94. The maximum absolute atomic E-state index is 5.66. The van der Waals surface area contributed by atoms with Crippen molar-refractivity contribution in [2.24, 2.45) is 4.99 Å². The monoisotopic (exact) mass is 287 g/mol. The van der Waals surface area contributed by atoms with E-state index in [1.807, 2.05) is 7.05 Å². The maximum Gasteiger partial charge on any atom is 0.193 e. The Balaban J connectivity index is 1.53. The molecule has 1 aromatic carbocycles. The minimum absolute atomic E-state index is 0.356. The molecular weight excluding hydrogens is 262 g/mol. The maximum atomic E-state index is 5.66. The van der Waals surface area contributed by atoms with Crippen LogP contribution in [0.5, 0.6) is 0 Å². The summed E-state index contributed by atoms with van der Waals surface area (Å²) in [7, 11) is 1.87. The summed E-state index contributed by atoms with van der Waals surface area (Å²) in [5.74, 6) is 1.64. The molecule has 0 aromatic heterocycles. The molecule has 4 nitrogen and oxygen atoms in total. The first kappa shape index (κ1) is 14.4. The number of hydrogen-bond acceptors (Lipinski definition) is 2. The van der Waals surface area contributed by atoms with Gasteiger partial charge in [0.15, 0.2) is 5.96 Å². The van der Waals surface area contributed by atoms with E-state index in [4.69, 9.17) is 4.74 Å². The van der Waals surface area contributed by atoms with Gasteiger partial charge >= 0.3 is 0 Å². The van der Waals surface area contributed by atoms with Gasteiger partial charge in [-0.25, -0.2) is 0 Å². The van der Waals surface area contributed by atoms with E-state index >= 15 is 0 Å². The van der Waals surface area contributed by atoms with Crippen molar-refractivity contribution < 1.29 is 4.74 Å². The average molecular weight is 287 g/mol. The Hall–Kier alpha value is -1.55. The molecule has 1 N–H and O–H groups in total. The van der Waals surface area contributed by atoms with E-state index in [0.29, 0.717) is 12.0 Å². The van der Waals surface area contributed by atoms with Gasteiger partial charge in [-0.05, 0) is 24.8 Å². The van der Waals surface area contributed by atoms with Gasteiger partial charge in [-0.2, -0.15) is 0 Å². The number of ether oxygens (including phenoxy) is 1. The number of benzene rings is 1. The molecule has 0 bridgehead atoms. The SMILES string of the molecule is CN=C(NCC1CCCO1)N1CCC(c2ccccc2)C1. The van der Waals surface area contributed by atoms with Crippen molar-refractivity contribution in [3.63, 3.8) is 0 Å². The predicted molar refractivity (Wildman–Crippen MR) is 85.7 cm³/mol. The molecular formula is C17H25N3O. The third-order valence-corrected chi connectivity index (χ3v) is 4.48. The smallest absolute Gasteiger partial charge is 0.193 e. The Morgan fingerprint density at radius 1 is 1.33 bits per heavy atom. The van der Waals surface area contributed by atoms with Crippen LogP contribution in [-0.4, -0.2) is 50.3 Å². The predicted octanol–water partition coefficient (Wildman–Crippen LogP) is 2.23. The highest BCUT2D eigenvalue weighted by Gasteiger charge is 2.26. The lowest BCUT2D eigenvalue weighted by atomic mass is 9.99. The van der Waals surface area contributed by atoms with E-state index in [-0.39, 0.29) is 0 Å². The van der Waals surface area contributed by atoms with Crippen molar-refractivity contribution >= 4 is 5.96 Å². The molecule has 0 aliphatic carbocycles. The largest absolute Gasteiger partial charge is 0.376 e. The number of hydrogen-bond donors (Lipinski definition) is 1. The summed E-state index contributed by atoms with van der Waals surface area (Å²) in [6.45, 7) is 3.91. The summed E-state index contributed by atoms with van der Waals surface area (Å²) in [6.07, 6.45) is 3.90. The van der Waals surface area contributed by atoms with E-state index in [0.717, 1.165) is 38.6 Å². The molecule has 0 spiro atoms. The third-order valence-electron chi connectivity index (χ3n) is 4.48. The van der Waals surface area contributed by atoms with Crippen LogP contribution in [0.2, 0.25) is 0 Å². The fourth-order valence-corrected chi connectivity index (χ4v) is 3.29. The molecule has 2 atom stereocenters. The van der Waals surface area contributed by atoms with Gasteiger partial charge in [0.2, 0.25) is 0 Å². The number of likely N-dealkylation sites (tertiary alicyclic amines) is 1. The van der Waals surface area contributed by atoms with Gasteiger partial charge in [0.1, 0.15) is 0 Å². The summed E-state index contributed by atoms with van der Waals surface area (Å²) < 4.78 is 5.66. The molecule has 2 fully saturated rings. The number of rotatable bonds is 3. The highest BCUT2D eigenvalue weighted by molar-refractivity contribution is 5.80. The summed E-state index contributed by atoms with van der Waals surface area (Å²) in [5, 5.41) is 3.48. The Kier molecular flexibility index (Phi) is 4.76. The first-order valence-corrected chi connectivity index (χ1v) is 7.99. The summed E-state index contributed by atoms with van der Waals surface area (Å²) in [4.78, 5) is 6.80. The standard InChI is InChI=1S/C17H25N3O/c1-18-17(19-12-16-8-5-11-21-16)20-10-9-15(13-20)14-6-3-2-4-7-14/h2-4,6-7,15-16H,5,8-13H2,1H3,(H,18,19). The van der Waals surface area contributed by atoms with E-state index in [1.165, 1.54) is 18.4 Å². The molecule has 2 aliphatic heterocycles. The second-order valence-corrected chi connectivity index (χ2v) is 5.91. The summed E-state index contributed by atoms with van der Waals surface area (Å²) in [5.41, 5.74) is 1.44. The topological polar surface area (TPSA) is 36.9 Å². The zero-order chi connectivity index (χ0) is 14.5. The molecule has 1 aromatic rings. The molecule has 3 rings (SSSR count). The van der Waals surface area contributed by atoms with Crippen LogP contribution in [0.1, 0.15) is 30.7 Å². The zero-order valence-corrected chi connectivity index (χ0v) is 12.8. The van der Waals surface area contributed by atoms with Crippen molar-refractivity contribution in [2.75, 3.05) is 33.3 Å². The van der Waals surface area contributed by atoms with E-state index in [1.54, 1.807) is 0 Å². The molecule has 4 heteroatoms. The lowest BCUT2D eigenvalue weighted by molar-refractivity contribution is 0.113. The van der Waals surface area contributed by atoms with Gasteiger partial charge in [0.25, 0.3) is 0 Å². The van der Waals surface area contributed by atoms with Gasteiger partial charge in [-0.3, -0.25) is 4.99 Å². The van der Waals surface area contributed by atoms with Crippen LogP contribution in [0.4, 0.5) is 0 Å². The van der Waals surface area contributed by atoms with Gasteiger partial charge in [-0.1, -0.05) is 30.3 Å². The van der Waals surface area contributed by atoms with Crippen molar-refractivity contribution in [2.45, 2.75) is 31.3 Å². The summed E-state index contributed by atoms with van der Waals surface area (Å²) in [6, 6.07) is 10.8. The van der Waals surface area contributed by atoms with Gasteiger partial charge < -0.3 is 15.0 Å². The van der Waals surface area contributed by atoms with Crippen LogP contribution in [0, 0.1) is 0 Å². The quantitative estimate of drug-likeness (QED) is 0.684. The normalized spacial score (nSPS) is 26.3. The highest BCUT2D eigenvalue weighted by atomic mass is 16.5. The molecule has 0 saturated carbocycles. The average Bonchev–Trinajstić information content (AvgIpc) is 3.20. The Bertz CT molecular complexity index is 468. The summed E-state index contributed by atoms with van der Waals surface area (Å²) >= 11 is 0. The lowest BCUT2D eigenvalue weighted by Gasteiger charge is -2.23. The fraction of sp³-hybridized carbons (Fsp3) is 0.588. The molecule has 21 heavy (non-hydrogen) atoms. The number of guanidine groups is 1. The molecule has 2 heterocycles. The van der Waals surface area contributed by atoms with Crippen LogP contribution in [-0.2, 0) is 4.74 Å². The first-order valence-electron chi connectivity index (χ1n) is 7.99. The third kappa shape index (κ3) is 3.56. The van der Waals surface area contributed by atoms with E-state index < -0.39 is 0 Å². The van der Waals surface area contributed by atoms with Crippen LogP contribution in [0.25, 0.3) is 0 Å². The number of nitrogens with one attached hydrogen (secondary N) is 1. The van der Waals surface area contributed by atoms with Gasteiger partial charge in [0.05, 0.1) is 6.10 Å². The second-order valence-electron chi connectivity index (χ2n) is 5.91. The molecule has 2 saturated heterocycles. The number of aliphatic imine (C=N–C) groups is 1. The molecule has 2 aliphatic rings. The van der Waals surface area contributed by atoms with Crippen molar-refractivity contribution in [3.05, 3.63) is 35.9 Å². The van der Waals surface area contributed by atoms with Gasteiger partial charge in [-0.15, -0.1) is 0 Å². The first-order chi connectivity index (χ1) is 10.4. The van der Waals surface area contributed by atoms with Crippen LogP contribution >= 0.6 is 0 Å². The van der Waals surface area contributed by atoms with E-state index in [9.17, 15) is 0 Å². The Morgan fingerprint density at radius 3 is 2.90 bits per heavy atom. The molecule has 114 valence electrons. The number of nitrogens with zero attached hydrogens (tertiary/aromatic N) is 2.